The Morgan fingerprint density at radius 3 is 2.56 bits per heavy atom. The number of aromatic amines is 1. The minimum atomic E-state index is -0.333. The molecular weight excluding hydrogens is 275 g/mol. The summed E-state index contributed by atoms with van der Waals surface area (Å²) >= 11 is 3.23. The van der Waals surface area contributed by atoms with E-state index in [1.807, 2.05) is 0 Å². The van der Waals surface area contributed by atoms with E-state index in [0.717, 1.165) is 4.47 Å². The highest BCUT2D eigenvalue weighted by atomic mass is 79.9. The van der Waals surface area contributed by atoms with Crippen LogP contribution in [0, 0.1) is 5.82 Å². The summed E-state index contributed by atoms with van der Waals surface area (Å²) in [7, 11) is 0. The van der Waals surface area contributed by atoms with Crippen LogP contribution in [0.1, 0.15) is 10.5 Å². The summed E-state index contributed by atoms with van der Waals surface area (Å²) in [5.74, 6) is -0.599. The van der Waals surface area contributed by atoms with E-state index < -0.39 is 0 Å². The second kappa shape index (κ2) is 4.49. The maximum absolute atomic E-state index is 12.6. The minimum absolute atomic E-state index is 0.266. The summed E-state index contributed by atoms with van der Waals surface area (Å²) in [5, 5.41) is 2.64. The lowest BCUT2D eigenvalue weighted by Gasteiger charge is -2.02. The van der Waals surface area contributed by atoms with Crippen LogP contribution in [0.3, 0.4) is 0 Å². The van der Waals surface area contributed by atoms with Gasteiger partial charge in [0.25, 0.3) is 5.91 Å². The maximum Gasteiger partial charge on any atom is 0.272 e. The van der Waals surface area contributed by atoms with E-state index >= 15 is 0 Å². The number of nitrogens with one attached hydrogen (secondary N) is 2. The molecule has 2 aromatic rings. The van der Waals surface area contributed by atoms with E-state index in [1.165, 1.54) is 24.3 Å². The molecule has 0 aliphatic carbocycles. The topological polar surface area (TPSA) is 44.9 Å². The molecule has 2 rings (SSSR count). The second-order valence-corrected chi connectivity index (χ2v) is 4.11. The number of carbonyl (C=O) groups excluding carboxylic acids is 1. The second-order valence-electron chi connectivity index (χ2n) is 3.19. The third kappa shape index (κ3) is 2.49. The molecule has 0 saturated heterocycles. The van der Waals surface area contributed by atoms with Crippen molar-refractivity contribution >= 4 is 27.5 Å². The lowest BCUT2D eigenvalue weighted by Crippen LogP contribution is -2.11. The van der Waals surface area contributed by atoms with E-state index in [1.54, 1.807) is 12.3 Å². The van der Waals surface area contributed by atoms with Gasteiger partial charge in [0.2, 0.25) is 0 Å². The van der Waals surface area contributed by atoms with Crippen LogP contribution in [0.4, 0.5) is 10.1 Å². The van der Waals surface area contributed by atoms with E-state index in [4.69, 9.17) is 0 Å². The summed E-state index contributed by atoms with van der Waals surface area (Å²) in [6, 6.07) is 7.26. The Kier molecular flexibility index (Phi) is 3.05. The highest BCUT2D eigenvalue weighted by molar-refractivity contribution is 9.10. The van der Waals surface area contributed by atoms with Gasteiger partial charge in [-0.2, -0.15) is 0 Å². The highest BCUT2D eigenvalue weighted by Crippen LogP contribution is 2.13. The van der Waals surface area contributed by atoms with E-state index in [-0.39, 0.29) is 11.7 Å². The van der Waals surface area contributed by atoms with Crippen molar-refractivity contribution in [1.82, 2.24) is 4.98 Å². The lowest BCUT2D eigenvalue weighted by atomic mass is 10.3. The van der Waals surface area contributed by atoms with Crippen LogP contribution in [0.25, 0.3) is 0 Å². The SMILES string of the molecule is O=C(Nc1ccc(F)cc1)c1cc(Br)c[nH]1. The van der Waals surface area contributed by atoms with Gasteiger partial charge < -0.3 is 10.3 Å². The number of halogens is 2. The molecule has 0 atom stereocenters. The van der Waals surface area contributed by atoms with Crippen molar-refractivity contribution in [2.75, 3.05) is 5.32 Å². The average Bonchev–Trinajstić information content (AvgIpc) is 2.68. The third-order valence-electron chi connectivity index (χ3n) is 1.99. The lowest BCUT2D eigenvalue weighted by molar-refractivity contribution is 0.102. The Balaban J connectivity index is 2.10. The molecule has 3 nitrogen and oxygen atoms in total. The molecule has 1 amide bonds. The van der Waals surface area contributed by atoms with Gasteiger partial charge in [-0.3, -0.25) is 4.79 Å². The summed E-state index contributed by atoms with van der Waals surface area (Å²) in [6.07, 6.45) is 1.67. The van der Waals surface area contributed by atoms with Gasteiger partial charge in [0.15, 0.2) is 0 Å². The monoisotopic (exact) mass is 282 g/mol. The van der Waals surface area contributed by atoms with Gasteiger partial charge in [-0.05, 0) is 46.3 Å². The van der Waals surface area contributed by atoms with Gasteiger partial charge in [-0.15, -0.1) is 0 Å². The minimum Gasteiger partial charge on any atom is -0.356 e. The van der Waals surface area contributed by atoms with E-state index in [0.29, 0.717) is 11.4 Å². The fraction of sp³-hybridized carbons (Fsp3) is 0. The molecule has 1 heterocycles. The van der Waals surface area contributed by atoms with Crippen LogP contribution in [-0.4, -0.2) is 10.9 Å². The molecule has 16 heavy (non-hydrogen) atoms. The number of anilines is 1. The quantitative estimate of drug-likeness (QED) is 0.873. The predicted octanol–water partition coefficient (Wildman–Crippen LogP) is 3.17. The molecule has 1 aromatic carbocycles. The first-order valence-electron chi connectivity index (χ1n) is 4.56. The average molecular weight is 283 g/mol. The van der Waals surface area contributed by atoms with Crippen molar-refractivity contribution in [3.63, 3.8) is 0 Å². The van der Waals surface area contributed by atoms with Gasteiger partial charge in [0.05, 0.1) is 0 Å². The fourth-order valence-corrected chi connectivity index (χ4v) is 1.57. The molecule has 0 radical (unpaired) electrons. The van der Waals surface area contributed by atoms with Gasteiger partial charge in [-0.1, -0.05) is 0 Å². The third-order valence-corrected chi connectivity index (χ3v) is 2.45. The summed E-state index contributed by atoms with van der Waals surface area (Å²) in [4.78, 5) is 14.5. The molecule has 0 saturated carbocycles. The predicted molar refractivity (Wildman–Crippen MR) is 62.8 cm³/mol. The van der Waals surface area contributed by atoms with Gasteiger partial charge in [-0.25, -0.2) is 4.39 Å². The van der Waals surface area contributed by atoms with Gasteiger partial charge in [0.1, 0.15) is 11.5 Å². The van der Waals surface area contributed by atoms with Crippen molar-refractivity contribution in [1.29, 1.82) is 0 Å². The van der Waals surface area contributed by atoms with Crippen molar-refractivity contribution in [2.45, 2.75) is 0 Å². The first-order valence-corrected chi connectivity index (χ1v) is 5.35. The summed E-state index contributed by atoms with van der Waals surface area (Å²) in [5.41, 5.74) is 0.994. The number of H-pyrrole nitrogens is 1. The molecule has 5 heteroatoms. The number of hydrogen-bond acceptors (Lipinski definition) is 1. The summed E-state index contributed by atoms with van der Waals surface area (Å²) in [6.45, 7) is 0. The van der Waals surface area contributed by atoms with Crippen molar-refractivity contribution in [2.24, 2.45) is 0 Å². The number of benzene rings is 1. The van der Waals surface area contributed by atoms with Crippen molar-refractivity contribution in [3.05, 3.63) is 52.5 Å². The molecule has 0 bridgehead atoms. The van der Waals surface area contributed by atoms with Crippen molar-refractivity contribution in [3.8, 4) is 0 Å². The molecular formula is C11H8BrFN2O. The number of amides is 1. The number of aromatic nitrogens is 1. The van der Waals surface area contributed by atoms with Crippen LogP contribution in [-0.2, 0) is 0 Å². The normalized spacial score (nSPS) is 10.1. The number of hydrogen-bond donors (Lipinski definition) is 2. The maximum atomic E-state index is 12.6. The molecule has 1 aromatic heterocycles. The van der Waals surface area contributed by atoms with Gasteiger partial charge >= 0.3 is 0 Å². The molecule has 0 fully saturated rings. The smallest absolute Gasteiger partial charge is 0.272 e. The zero-order chi connectivity index (χ0) is 11.5. The molecule has 82 valence electrons. The number of carbonyl (C=O) groups is 1. The highest BCUT2D eigenvalue weighted by Gasteiger charge is 2.07. The molecule has 2 N–H and O–H groups in total. The fourth-order valence-electron chi connectivity index (χ4n) is 1.23. The Morgan fingerprint density at radius 2 is 2.00 bits per heavy atom. The Labute approximate surface area is 99.8 Å². The molecule has 0 aliphatic heterocycles. The molecule has 0 aliphatic rings. The van der Waals surface area contributed by atoms with Crippen LogP contribution in [0.2, 0.25) is 0 Å². The molecule has 0 spiro atoms. The van der Waals surface area contributed by atoms with Crippen LogP contribution >= 0.6 is 15.9 Å². The standard InChI is InChI=1S/C11H8BrFN2O/c12-7-5-10(14-6-7)11(16)15-9-3-1-8(13)2-4-9/h1-6,14H,(H,15,16). The number of rotatable bonds is 2. The molecule has 0 unspecified atom stereocenters. The zero-order valence-corrected chi connectivity index (χ0v) is 9.71. The Morgan fingerprint density at radius 1 is 1.31 bits per heavy atom. The largest absolute Gasteiger partial charge is 0.356 e. The van der Waals surface area contributed by atoms with Crippen LogP contribution in [0.5, 0.6) is 0 Å². The van der Waals surface area contributed by atoms with E-state index in [9.17, 15) is 9.18 Å². The van der Waals surface area contributed by atoms with Crippen LogP contribution < -0.4 is 5.32 Å². The van der Waals surface area contributed by atoms with Crippen LogP contribution in [0.15, 0.2) is 41.0 Å². The Bertz CT molecular complexity index is 507. The Hall–Kier alpha value is -1.62. The first kappa shape index (κ1) is 10.9. The zero-order valence-electron chi connectivity index (χ0n) is 8.13. The summed E-state index contributed by atoms with van der Waals surface area (Å²) < 4.78 is 13.4. The van der Waals surface area contributed by atoms with Gasteiger partial charge in [0, 0.05) is 16.4 Å². The van der Waals surface area contributed by atoms with Crippen molar-refractivity contribution < 1.29 is 9.18 Å². The van der Waals surface area contributed by atoms with E-state index in [2.05, 4.69) is 26.2 Å². The first-order chi connectivity index (χ1) is 7.65.